The predicted molar refractivity (Wildman–Crippen MR) is 155 cm³/mol. The van der Waals surface area contributed by atoms with Gasteiger partial charge in [0.15, 0.2) is 0 Å². The zero-order valence-corrected chi connectivity index (χ0v) is 24.3. The molecule has 0 saturated carbocycles. The Kier molecular flexibility index (Phi) is 12.2. The van der Waals surface area contributed by atoms with Crippen LogP contribution in [0.1, 0.15) is 58.6 Å². The molecule has 9 nitrogen and oxygen atoms in total. The lowest BCUT2D eigenvalue weighted by atomic mass is 9.79. The van der Waals surface area contributed by atoms with Crippen LogP contribution in [0.3, 0.4) is 0 Å². The van der Waals surface area contributed by atoms with Crippen LogP contribution < -0.4 is 16.1 Å². The summed E-state index contributed by atoms with van der Waals surface area (Å²) in [5.74, 6) is -2.77. The van der Waals surface area contributed by atoms with Crippen LogP contribution in [0.25, 0.3) is 0 Å². The molecule has 3 atom stereocenters. The molecule has 0 aliphatic carbocycles. The van der Waals surface area contributed by atoms with Crippen LogP contribution in [0.15, 0.2) is 48.5 Å². The largest absolute Gasteiger partial charge is 0.508 e. The zero-order chi connectivity index (χ0) is 30.0. The quantitative estimate of drug-likeness (QED) is 0.188. The molecule has 2 rings (SSSR count). The summed E-state index contributed by atoms with van der Waals surface area (Å²) >= 11 is 0. The molecule has 0 spiro atoms. The van der Waals surface area contributed by atoms with Gasteiger partial charge in [0.05, 0.1) is 11.8 Å². The van der Waals surface area contributed by atoms with Gasteiger partial charge < -0.3 is 30.5 Å². The summed E-state index contributed by atoms with van der Waals surface area (Å²) in [5.41, 5.74) is 1.31. The maximum absolute atomic E-state index is 13.7. The third-order valence-corrected chi connectivity index (χ3v) is 6.68. The number of hydrogen-bond donors (Lipinski definition) is 5. The Morgan fingerprint density at radius 2 is 1.50 bits per heavy atom. The highest BCUT2D eigenvalue weighted by atomic mass is 16.6. The predicted octanol–water partition coefficient (Wildman–Crippen LogP) is 2.10. The Bertz CT molecular complexity index is 1110. The number of carbonyl (C=O) groups excluding carboxylic acids is 3. The number of amides is 2. The molecular weight excluding hydrogens is 511 g/mol. The van der Waals surface area contributed by atoms with Crippen molar-refractivity contribution in [3.8, 4) is 5.75 Å². The first-order valence-corrected chi connectivity index (χ1v) is 13.7. The molecule has 2 aromatic rings. The smallest absolute Gasteiger partial charge is 0.488 e. The summed E-state index contributed by atoms with van der Waals surface area (Å²) in [7, 11) is -0.117. The highest BCUT2D eigenvalue weighted by Crippen LogP contribution is 2.30. The van der Waals surface area contributed by atoms with Crippen molar-refractivity contribution in [3.05, 3.63) is 59.7 Å². The monoisotopic (exact) mass is 554 g/mol. The second-order valence-corrected chi connectivity index (χ2v) is 11.5. The fraction of sp³-hybridized carbons (Fsp3) is 0.500. The Balaban J connectivity index is 2.27. The van der Waals surface area contributed by atoms with Crippen molar-refractivity contribution >= 4 is 30.4 Å². The number of nitrogens with one attached hydrogen (secondary N) is 2. The average molecular weight is 554 g/mol. The lowest BCUT2D eigenvalue weighted by Gasteiger charge is -2.32. The summed E-state index contributed by atoms with van der Waals surface area (Å²) in [4.78, 5) is 39.9. The number of likely N-dealkylation sites (N-methyl/N-ethyl adjacent to an activating group) is 1. The normalized spacial score (nSPS) is 13.7. The van der Waals surface area contributed by atoms with Gasteiger partial charge >= 0.3 is 13.1 Å². The number of ether oxygens (including phenoxy) is 1. The Morgan fingerprint density at radius 3 is 2.00 bits per heavy atom. The molecule has 218 valence electrons. The molecule has 0 radical (unpaired) electrons. The second-order valence-electron chi connectivity index (χ2n) is 11.5. The van der Waals surface area contributed by atoms with E-state index in [2.05, 4.69) is 10.6 Å². The first-order chi connectivity index (χ1) is 18.7. The molecule has 2 amide bonds. The lowest BCUT2D eigenvalue weighted by Crippen LogP contribution is -2.51. The van der Waals surface area contributed by atoms with Gasteiger partial charge in [-0.15, -0.1) is 0 Å². The zero-order valence-electron chi connectivity index (χ0n) is 24.3. The number of hydrogen-bond acceptors (Lipinski definition) is 7. The first-order valence-electron chi connectivity index (χ1n) is 13.7. The van der Waals surface area contributed by atoms with Crippen molar-refractivity contribution in [2.24, 2.45) is 17.8 Å². The summed E-state index contributed by atoms with van der Waals surface area (Å²) in [5, 5.41) is 33.7. The molecule has 0 bridgehead atoms. The van der Waals surface area contributed by atoms with Crippen LogP contribution in [0.4, 0.5) is 0 Å². The molecule has 10 heteroatoms. The van der Waals surface area contributed by atoms with E-state index >= 15 is 0 Å². The van der Waals surface area contributed by atoms with E-state index in [1.807, 2.05) is 26.0 Å². The minimum atomic E-state index is -1.60. The molecule has 40 heavy (non-hydrogen) atoms. The second kappa shape index (κ2) is 14.9. The molecule has 5 N–H and O–H groups in total. The highest BCUT2D eigenvalue weighted by molar-refractivity contribution is 6.58. The minimum absolute atomic E-state index is 0.177. The van der Waals surface area contributed by atoms with Crippen molar-refractivity contribution in [3.63, 3.8) is 0 Å². The summed E-state index contributed by atoms with van der Waals surface area (Å²) in [6, 6.07) is 12.4. The molecule has 0 aromatic heterocycles. The average Bonchev–Trinajstić information content (AvgIpc) is 2.87. The van der Waals surface area contributed by atoms with Crippen LogP contribution in [0, 0.1) is 17.8 Å². The number of carbonyl (C=O) groups is 3. The van der Waals surface area contributed by atoms with Gasteiger partial charge in [0, 0.05) is 13.5 Å². The third-order valence-electron chi connectivity index (χ3n) is 6.68. The van der Waals surface area contributed by atoms with Gasteiger partial charge in [0.1, 0.15) is 17.4 Å². The molecule has 2 aromatic carbocycles. The number of benzene rings is 2. The molecule has 0 saturated heterocycles. The van der Waals surface area contributed by atoms with Crippen molar-refractivity contribution in [2.75, 3.05) is 7.05 Å². The lowest BCUT2D eigenvalue weighted by molar-refractivity contribution is -0.165. The number of esters is 1. The van der Waals surface area contributed by atoms with E-state index in [9.17, 15) is 29.5 Å². The van der Waals surface area contributed by atoms with Crippen LogP contribution in [0.5, 0.6) is 5.75 Å². The van der Waals surface area contributed by atoms with E-state index in [0.29, 0.717) is 24.7 Å². The third kappa shape index (κ3) is 10.3. The van der Waals surface area contributed by atoms with Crippen LogP contribution in [0.2, 0.25) is 0 Å². The fourth-order valence-electron chi connectivity index (χ4n) is 4.67. The number of phenols is 1. The van der Waals surface area contributed by atoms with Crippen molar-refractivity contribution in [1.29, 1.82) is 0 Å². The van der Waals surface area contributed by atoms with Gasteiger partial charge in [-0.2, -0.15) is 0 Å². The number of rotatable bonds is 13. The molecule has 0 heterocycles. The van der Waals surface area contributed by atoms with Crippen molar-refractivity contribution in [2.45, 2.75) is 71.9 Å². The Labute approximate surface area is 237 Å². The van der Waals surface area contributed by atoms with E-state index in [-0.39, 0.29) is 24.0 Å². The summed E-state index contributed by atoms with van der Waals surface area (Å²) in [6.07, 6.45) is 1.86. The molecule has 0 aliphatic rings. The van der Waals surface area contributed by atoms with Crippen LogP contribution in [-0.4, -0.2) is 58.7 Å². The van der Waals surface area contributed by atoms with Gasteiger partial charge in [0.25, 0.3) is 0 Å². The van der Waals surface area contributed by atoms with E-state index in [0.717, 1.165) is 11.1 Å². The standard InChI is InChI=1S/C30H43BN2O7/c1-19(2)26(24(29(37)40-30(3,4)5)9-7-8-20-12-16-23(34)17-13-20)28(36)33-25(27(35)32-6)18-21-10-14-22(15-11-21)31(38)39/h10-17,19,24-26,34,38-39H,7-9,18H2,1-6H3,(H,32,35)(H,33,36)/t24-,25-,26+/m0/s1. The van der Waals surface area contributed by atoms with Gasteiger partial charge in [-0.3, -0.25) is 14.4 Å². The van der Waals surface area contributed by atoms with Crippen LogP contribution >= 0.6 is 0 Å². The molecule has 0 fully saturated rings. The van der Waals surface area contributed by atoms with E-state index < -0.39 is 42.5 Å². The maximum atomic E-state index is 13.7. The van der Waals surface area contributed by atoms with E-state index in [4.69, 9.17) is 4.74 Å². The maximum Gasteiger partial charge on any atom is 0.488 e. The van der Waals surface area contributed by atoms with Gasteiger partial charge in [-0.1, -0.05) is 50.2 Å². The number of aromatic hydroxyl groups is 1. The molecule has 0 unspecified atom stereocenters. The number of phenolic OH excluding ortho intramolecular Hbond substituents is 1. The van der Waals surface area contributed by atoms with Gasteiger partial charge in [-0.25, -0.2) is 0 Å². The molecular formula is C30H43BN2O7. The Morgan fingerprint density at radius 1 is 0.925 bits per heavy atom. The molecule has 0 aliphatic heterocycles. The van der Waals surface area contributed by atoms with E-state index in [1.165, 1.54) is 7.05 Å². The summed E-state index contributed by atoms with van der Waals surface area (Å²) < 4.78 is 5.73. The van der Waals surface area contributed by atoms with Gasteiger partial charge in [0.2, 0.25) is 11.8 Å². The minimum Gasteiger partial charge on any atom is -0.508 e. The van der Waals surface area contributed by atoms with Gasteiger partial charge in [-0.05, 0) is 74.7 Å². The SMILES string of the molecule is CNC(=O)[C@H](Cc1ccc(B(O)O)cc1)NC(=O)[C@H](C(C)C)[C@H](CCCc1ccc(O)cc1)C(=O)OC(C)(C)C. The number of aryl methyl sites for hydroxylation is 1. The summed E-state index contributed by atoms with van der Waals surface area (Å²) in [6.45, 7) is 9.09. The van der Waals surface area contributed by atoms with Crippen molar-refractivity contribution in [1.82, 2.24) is 10.6 Å². The highest BCUT2D eigenvalue weighted by Gasteiger charge is 2.39. The first kappa shape index (κ1) is 32.8. The van der Waals surface area contributed by atoms with E-state index in [1.54, 1.807) is 57.2 Å². The Hall–Kier alpha value is -3.37. The van der Waals surface area contributed by atoms with Crippen LogP contribution in [-0.2, 0) is 32.0 Å². The topological polar surface area (TPSA) is 145 Å². The fourth-order valence-corrected chi connectivity index (χ4v) is 4.67. The van der Waals surface area contributed by atoms with Crippen molar-refractivity contribution < 1.29 is 34.3 Å².